The lowest BCUT2D eigenvalue weighted by molar-refractivity contribution is -0.113. The van der Waals surface area contributed by atoms with Gasteiger partial charge in [0.05, 0.1) is 33.1 Å². The van der Waals surface area contributed by atoms with Crippen LogP contribution in [0.1, 0.15) is 25.3 Å². The Labute approximate surface area is 195 Å². The van der Waals surface area contributed by atoms with Gasteiger partial charge in [0.25, 0.3) is 5.56 Å². The van der Waals surface area contributed by atoms with E-state index in [1.807, 2.05) is 42.5 Å². The van der Waals surface area contributed by atoms with Crippen molar-refractivity contribution in [2.45, 2.75) is 24.9 Å². The predicted molar refractivity (Wildman–Crippen MR) is 132 cm³/mol. The number of rotatable bonds is 6. The van der Waals surface area contributed by atoms with E-state index in [2.05, 4.69) is 19.2 Å². The van der Waals surface area contributed by atoms with Gasteiger partial charge in [0, 0.05) is 0 Å². The molecule has 0 aliphatic carbocycles. The summed E-state index contributed by atoms with van der Waals surface area (Å²) in [5.41, 5.74) is 2.81. The van der Waals surface area contributed by atoms with Crippen LogP contribution in [-0.2, 0) is 4.79 Å². The Hall–Kier alpha value is -3.09. The first kappa shape index (κ1) is 22.1. The first-order chi connectivity index (χ1) is 15.5. The summed E-state index contributed by atoms with van der Waals surface area (Å²) in [6, 6.07) is 22.1. The van der Waals surface area contributed by atoms with E-state index in [1.165, 1.54) is 11.8 Å². The Morgan fingerprint density at radius 1 is 1.03 bits per heavy atom. The fourth-order valence-electron chi connectivity index (χ4n) is 3.48. The van der Waals surface area contributed by atoms with E-state index in [0.29, 0.717) is 26.8 Å². The van der Waals surface area contributed by atoms with Crippen LogP contribution in [0.2, 0.25) is 5.02 Å². The van der Waals surface area contributed by atoms with Gasteiger partial charge in [0.2, 0.25) is 5.91 Å². The van der Waals surface area contributed by atoms with Crippen molar-refractivity contribution in [2.75, 3.05) is 11.1 Å². The van der Waals surface area contributed by atoms with Gasteiger partial charge in [-0.25, -0.2) is 4.98 Å². The van der Waals surface area contributed by atoms with E-state index in [1.54, 1.807) is 34.9 Å². The third-order valence-electron chi connectivity index (χ3n) is 5.02. The maximum Gasteiger partial charge on any atom is 0.266 e. The summed E-state index contributed by atoms with van der Waals surface area (Å²) >= 11 is 7.37. The Morgan fingerprint density at radius 2 is 1.72 bits per heavy atom. The number of benzene rings is 3. The highest BCUT2D eigenvalue weighted by Crippen LogP contribution is 2.27. The van der Waals surface area contributed by atoms with Crippen LogP contribution in [0.15, 0.2) is 82.7 Å². The average Bonchev–Trinajstić information content (AvgIpc) is 2.79. The van der Waals surface area contributed by atoms with Crippen LogP contribution in [0.4, 0.5) is 5.69 Å². The van der Waals surface area contributed by atoms with E-state index in [-0.39, 0.29) is 23.1 Å². The third-order valence-corrected chi connectivity index (χ3v) is 6.29. The standard InChI is InChI=1S/C25H22ClN3O2S/c1-16(2)17-9-4-8-14-22(17)29-24(31)18-10-3-6-12-20(18)28-25(29)32-15-23(30)27-21-13-7-5-11-19(21)26/h3-14,16H,15H2,1-2H3,(H,27,30). The molecular formula is C25H22ClN3O2S. The van der Waals surface area contributed by atoms with Gasteiger partial charge in [-0.3, -0.25) is 14.2 Å². The van der Waals surface area contributed by atoms with Crippen molar-refractivity contribution in [3.05, 3.63) is 93.7 Å². The van der Waals surface area contributed by atoms with Crippen molar-refractivity contribution < 1.29 is 4.79 Å². The summed E-state index contributed by atoms with van der Waals surface area (Å²) in [6.07, 6.45) is 0. The molecule has 0 fully saturated rings. The third kappa shape index (κ3) is 4.56. The lowest BCUT2D eigenvalue weighted by Gasteiger charge is -2.18. The summed E-state index contributed by atoms with van der Waals surface area (Å²) in [6.45, 7) is 4.17. The molecule has 0 saturated heterocycles. The largest absolute Gasteiger partial charge is 0.324 e. The maximum absolute atomic E-state index is 13.5. The minimum atomic E-state index is -0.228. The lowest BCUT2D eigenvalue weighted by atomic mass is 10.0. The Balaban J connectivity index is 1.74. The molecule has 0 radical (unpaired) electrons. The van der Waals surface area contributed by atoms with Crippen LogP contribution >= 0.6 is 23.4 Å². The number of halogens is 1. The molecule has 3 aromatic carbocycles. The second-order valence-corrected chi connectivity index (χ2v) is 8.93. The number of aromatic nitrogens is 2. The van der Waals surface area contributed by atoms with Gasteiger partial charge in [-0.2, -0.15) is 0 Å². The fraction of sp³-hybridized carbons (Fsp3) is 0.160. The van der Waals surface area contributed by atoms with Gasteiger partial charge in [-0.15, -0.1) is 0 Å². The zero-order valence-electron chi connectivity index (χ0n) is 17.7. The zero-order chi connectivity index (χ0) is 22.7. The van der Waals surface area contributed by atoms with Crippen LogP contribution < -0.4 is 10.9 Å². The SMILES string of the molecule is CC(C)c1ccccc1-n1c(SCC(=O)Nc2ccccc2Cl)nc2ccccc2c1=O. The van der Waals surface area contributed by atoms with E-state index < -0.39 is 0 Å². The molecule has 4 aromatic rings. The number of nitrogens with one attached hydrogen (secondary N) is 1. The van der Waals surface area contributed by atoms with Gasteiger partial charge < -0.3 is 5.32 Å². The summed E-state index contributed by atoms with van der Waals surface area (Å²) in [5, 5.41) is 4.29. The van der Waals surface area contributed by atoms with Crippen LogP contribution in [0.3, 0.4) is 0 Å². The molecule has 1 aromatic heterocycles. The molecule has 162 valence electrons. The summed E-state index contributed by atoms with van der Waals surface area (Å²) in [5.74, 6) is 0.0694. The predicted octanol–water partition coefficient (Wildman–Crippen LogP) is 5.89. The van der Waals surface area contributed by atoms with E-state index >= 15 is 0 Å². The Morgan fingerprint density at radius 3 is 2.50 bits per heavy atom. The molecule has 0 unspecified atom stereocenters. The zero-order valence-corrected chi connectivity index (χ0v) is 19.3. The minimum Gasteiger partial charge on any atom is -0.324 e. The van der Waals surface area contributed by atoms with E-state index in [0.717, 1.165) is 11.3 Å². The topological polar surface area (TPSA) is 64.0 Å². The number of hydrogen-bond acceptors (Lipinski definition) is 4. The van der Waals surface area contributed by atoms with Crippen molar-refractivity contribution in [1.82, 2.24) is 9.55 Å². The van der Waals surface area contributed by atoms with Gasteiger partial charge in [0.15, 0.2) is 5.16 Å². The number of para-hydroxylation sites is 3. The highest BCUT2D eigenvalue weighted by atomic mass is 35.5. The van der Waals surface area contributed by atoms with Crippen molar-refractivity contribution in [3.63, 3.8) is 0 Å². The molecule has 7 heteroatoms. The smallest absolute Gasteiger partial charge is 0.266 e. The second-order valence-electron chi connectivity index (χ2n) is 7.58. The first-order valence-corrected chi connectivity index (χ1v) is 11.6. The van der Waals surface area contributed by atoms with E-state index in [9.17, 15) is 9.59 Å². The normalized spacial score (nSPS) is 11.1. The number of fused-ring (bicyclic) bond motifs is 1. The molecule has 0 spiro atoms. The summed E-state index contributed by atoms with van der Waals surface area (Å²) < 4.78 is 1.62. The van der Waals surface area contributed by atoms with Crippen molar-refractivity contribution >= 4 is 45.9 Å². The number of nitrogens with zero attached hydrogens (tertiary/aromatic N) is 2. The minimum absolute atomic E-state index is 0.0832. The summed E-state index contributed by atoms with van der Waals surface area (Å²) in [7, 11) is 0. The van der Waals surface area contributed by atoms with E-state index in [4.69, 9.17) is 16.6 Å². The van der Waals surface area contributed by atoms with Crippen molar-refractivity contribution in [2.24, 2.45) is 0 Å². The van der Waals surface area contributed by atoms with Crippen LogP contribution in [0.25, 0.3) is 16.6 Å². The molecule has 1 heterocycles. The van der Waals surface area contributed by atoms with Crippen LogP contribution in [0.5, 0.6) is 0 Å². The Kier molecular flexibility index (Phi) is 6.63. The highest BCUT2D eigenvalue weighted by Gasteiger charge is 2.18. The molecular weight excluding hydrogens is 442 g/mol. The van der Waals surface area contributed by atoms with Gasteiger partial charge in [0.1, 0.15) is 0 Å². The number of carbonyl (C=O) groups excluding carboxylic acids is 1. The molecule has 1 amide bonds. The summed E-state index contributed by atoms with van der Waals surface area (Å²) in [4.78, 5) is 30.8. The molecule has 5 nitrogen and oxygen atoms in total. The lowest BCUT2D eigenvalue weighted by Crippen LogP contribution is -2.24. The molecule has 0 aliphatic rings. The molecule has 0 bridgehead atoms. The first-order valence-electron chi connectivity index (χ1n) is 10.2. The molecule has 4 rings (SSSR count). The van der Waals surface area contributed by atoms with Crippen LogP contribution in [0, 0.1) is 0 Å². The maximum atomic E-state index is 13.5. The molecule has 0 saturated carbocycles. The molecule has 32 heavy (non-hydrogen) atoms. The molecule has 0 aliphatic heterocycles. The Bertz CT molecular complexity index is 1350. The number of carbonyl (C=O) groups is 1. The van der Waals surface area contributed by atoms with Crippen LogP contribution in [-0.4, -0.2) is 21.2 Å². The number of thioether (sulfide) groups is 1. The number of hydrogen-bond donors (Lipinski definition) is 1. The molecule has 0 atom stereocenters. The second kappa shape index (κ2) is 9.59. The number of anilines is 1. The number of amides is 1. The average molecular weight is 464 g/mol. The van der Waals surface area contributed by atoms with Crippen molar-refractivity contribution in [1.29, 1.82) is 0 Å². The quantitative estimate of drug-likeness (QED) is 0.286. The fourth-order valence-corrected chi connectivity index (χ4v) is 4.47. The van der Waals surface area contributed by atoms with Gasteiger partial charge in [-0.05, 0) is 41.8 Å². The monoisotopic (exact) mass is 463 g/mol. The van der Waals surface area contributed by atoms with Gasteiger partial charge >= 0.3 is 0 Å². The van der Waals surface area contributed by atoms with Crippen molar-refractivity contribution in [3.8, 4) is 5.69 Å². The highest BCUT2D eigenvalue weighted by molar-refractivity contribution is 7.99. The molecule has 1 N–H and O–H groups in total. The van der Waals surface area contributed by atoms with Gasteiger partial charge in [-0.1, -0.05) is 79.7 Å².